The second-order valence-corrected chi connectivity index (χ2v) is 7.35. The van der Waals surface area contributed by atoms with E-state index in [-0.39, 0.29) is 12.3 Å². The lowest BCUT2D eigenvalue weighted by molar-refractivity contribution is -0.134. The zero-order chi connectivity index (χ0) is 19.3. The fraction of sp³-hybridized carbons (Fsp3) is 0.111. The Bertz CT molecular complexity index is 860. The smallest absolute Gasteiger partial charge is 0.352 e. The number of ether oxygens (including phenoxy) is 1. The molecule has 0 aliphatic carbocycles. The third-order valence-corrected chi connectivity index (χ3v) is 4.75. The summed E-state index contributed by atoms with van der Waals surface area (Å²) in [5, 5.41) is 12.1. The molecule has 0 spiro atoms. The standard InChI is InChI=1S/C18H14Br2ClNO4/c1-10(23)22-16(18(24)25)8-11-6-13(19)17(14(20)7-11)26-9-12-4-2-3-5-15(12)21/h2-8H,9H2,1H3,(H,22,23)(H,24,25)/b16-8+. The number of halogens is 3. The van der Waals surface area contributed by atoms with E-state index in [0.29, 0.717) is 25.3 Å². The highest BCUT2D eigenvalue weighted by atomic mass is 79.9. The van der Waals surface area contributed by atoms with Crippen LogP contribution in [0.5, 0.6) is 5.75 Å². The summed E-state index contributed by atoms with van der Waals surface area (Å²) in [7, 11) is 0. The Balaban J connectivity index is 2.26. The molecule has 8 heteroatoms. The maximum absolute atomic E-state index is 11.2. The first-order valence-electron chi connectivity index (χ1n) is 7.35. The van der Waals surface area contributed by atoms with Gasteiger partial charge >= 0.3 is 5.97 Å². The average molecular weight is 504 g/mol. The van der Waals surface area contributed by atoms with E-state index in [1.165, 1.54) is 13.0 Å². The van der Waals surface area contributed by atoms with Crippen molar-refractivity contribution in [1.29, 1.82) is 0 Å². The molecule has 0 atom stereocenters. The fourth-order valence-corrected chi connectivity index (χ4v) is 3.71. The molecule has 0 aliphatic rings. The molecule has 0 radical (unpaired) electrons. The number of carbonyl (C=O) groups excluding carboxylic acids is 1. The molecule has 0 saturated carbocycles. The van der Waals surface area contributed by atoms with E-state index in [1.54, 1.807) is 18.2 Å². The predicted molar refractivity (Wildman–Crippen MR) is 107 cm³/mol. The molecule has 0 bridgehead atoms. The Morgan fingerprint density at radius 2 is 1.85 bits per heavy atom. The molecule has 2 N–H and O–H groups in total. The molecule has 5 nitrogen and oxygen atoms in total. The quantitative estimate of drug-likeness (QED) is 0.544. The van der Waals surface area contributed by atoms with E-state index < -0.39 is 11.9 Å². The molecule has 1 amide bonds. The molecule has 0 aromatic heterocycles. The van der Waals surface area contributed by atoms with E-state index in [2.05, 4.69) is 37.2 Å². The minimum Gasteiger partial charge on any atom is -0.486 e. The van der Waals surface area contributed by atoms with Gasteiger partial charge < -0.3 is 15.2 Å². The molecular weight excluding hydrogens is 489 g/mol. The van der Waals surface area contributed by atoms with Gasteiger partial charge in [-0.3, -0.25) is 4.79 Å². The number of carboxylic acid groups (broad SMARTS) is 1. The highest BCUT2D eigenvalue weighted by Gasteiger charge is 2.13. The first-order valence-corrected chi connectivity index (χ1v) is 9.32. The minimum absolute atomic E-state index is 0.221. The van der Waals surface area contributed by atoms with Crippen LogP contribution in [-0.4, -0.2) is 17.0 Å². The SMILES string of the molecule is CC(=O)N/C(=C/c1cc(Br)c(OCc2ccccc2Cl)c(Br)c1)C(=O)O. The van der Waals surface area contributed by atoms with Gasteiger partial charge in [-0.15, -0.1) is 0 Å². The number of rotatable bonds is 6. The summed E-state index contributed by atoms with van der Waals surface area (Å²) in [5.74, 6) is -1.14. The summed E-state index contributed by atoms with van der Waals surface area (Å²) < 4.78 is 7.07. The van der Waals surface area contributed by atoms with E-state index in [0.717, 1.165) is 5.56 Å². The molecule has 26 heavy (non-hydrogen) atoms. The molecule has 2 aromatic carbocycles. The molecule has 0 fully saturated rings. The van der Waals surface area contributed by atoms with Crippen molar-refractivity contribution < 1.29 is 19.4 Å². The molecule has 0 aliphatic heterocycles. The zero-order valence-electron chi connectivity index (χ0n) is 13.6. The lowest BCUT2D eigenvalue weighted by Gasteiger charge is -2.12. The number of hydrogen-bond donors (Lipinski definition) is 2. The first kappa shape index (κ1) is 20.5. The lowest BCUT2D eigenvalue weighted by Crippen LogP contribution is -2.24. The van der Waals surface area contributed by atoms with Crippen LogP contribution in [0, 0.1) is 0 Å². The average Bonchev–Trinajstić information content (AvgIpc) is 2.54. The van der Waals surface area contributed by atoms with Crippen LogP contribution in [0.3, 0.4) is 0 Å². The third-order valence-electron chi connectivity index (χ3n) is 3.20. The second kappa shape index (κ2) is 9.21. The summed E-state index contributed by atoms with van der Waals surface area (Å²) in [6.07, 6.45) is 1.36. The molecule has 136 valence electrons. The molecule has 2 rings (SSSR count). The van der Waals surface area contributed by atoms with Crippen LogP contribution in [0.2, 0.25) is 5.02 Å². The van der Waals surface area contributed by atoms with Crippen molar-refractivity contribution in [2.24, 2.45) is 0 Å². The van der Waals surface area contributed by atoms with Crippen LogP contribution in [0.4, 0.5) is 0 Å². The minimum atomic E-state index is -1.23. The highest BCUT2D eigenvalue weighted by molar-refractivity contribution is 9.11. The maximum Gasteiger partial charge on any atom is 0.352 e. The van der Waals surface area contributed by atoms with Gasteiger partial charge in [-0.1, -0.05) is 29.8 Å². The Hall–Kier alpha value is -1.83. The second-order valence-electron chi connectivity index (χ2n) is 5.24. The molecule has 2 aromatic rings. The summed E-state index contributed by atoms with van der Waals surface area (Å²) in [6.45, 7) is 1.52. The van der Waals surface area contributed by atoms with E-state index in [9.17, 15) is 9.59 Å². The van der Waals surface area contributed by atoms with Crippen molar-refractivity contribution in [3.05, 3.63) is 67.2 Å². The zero-order valence-corrected chi connectivity index (χ0v) is 17.5. The summed E-state index contributed by atoms with van der Waals surface area (Å²) in [6, 6.07) is 10.8. The Morgan fingerprint density at radius 1 is 1.23 bits per heavy atom. The molecule has 0 heterocycles. The predicted octanol–water partition coefficient (Wildman–Crippen LogP) is 5.01. The van der Waals surface area contributed by atoms with Crippen molar-refractivity contribution >= 4 is 61.4 Å². The number of carbonyl (C=O) groups is 2. The highest BCUT2D eigenvalue weighted by Crippen LogP contribution is 2.36. The monoisotopic (exact) mass is 501 g/mol. The van der Waals surface area contributed by atoms with Crippen LogP contribution < -0.4 is 10.1 Å². The van der Waals surface area contributed by atoms with Crippen LogP contribution in [0.15, 0.2) is 51.0 Å². The Morgan fingerprint density at radius 3 is 2.38 bits per heavy atom. The number of benzene rings is 2. The van der Waals surface area contributed by atoms with Crippen LogP contribution in [0.1, 0.15) is 18.1 Å². The van der Waals surface area contributed by atoms with Gasteiger partial charge in [0, 0.05) is 17.5 Å². The van der Waals surface area contributed by atoms with Gasteiger partial charge in [0.05, 0.1) is 8.95 Å². The molecule has 0 saturated heterocycles. The van der Waals surface area contributed by atoms with Crippen molar-refractivity contribution in [2.45, 2.75) is 13.5 Å². The van der Waals surface area contributed by atoms with Gasteiger partial charge in [0.25, 0.3) is 0 Å². The van der Waals surface area contributed by atoms with Crippen molar-refractivity contribution in [1.82, 2.24) is 5.32 Å². The summed E-state index contributed by atoms with van der Waals surface area (Å²) >= 11 is 13.0. The van der Waals surface area contributed by atoms with Gasteiger partial charge in [0.15, 0.2) is 0 Å². The fourth-order valence-electron chi connectivity index (χ4n) is 2.07. The van der Waals surface area contributed by atoms with E-state index >= 15 is 0 Å². The normalized spacial score (nSPS) is 11.2. The van der Waals surface area contributed by atoms with Crippen LogP contribution in [-0.2, 0) is 16.2 Å². The lowest BCUT2D eigenvalue weighted by atomic mass is 10.2. The summed E-state index contributed by atoms with van der Waals surface area (Å²) in [4.78, 5) is 22.3. The van der Waals surface area contributed by atoms with Crippen LogP contribution in [0.25, 0.3) is 6.08 Å². The van der Waals surface area contributed by atoms with Gasteiger partial charge in [0.1, 0.15) is 18.1 Å². The van der Waals surface area contributed by atoms with E-state index in [1.807, 2.05) is 18.2 Å². The number of hydrogen-bond acceptors (Lipinski definition) is 3. The number of aliphatic carboxylic acids is 1. The van der Waals surface area contributed by atoms with Gasteiger partial charge in [-0.05, 0) is 61.7 Å². The van der Waals surface area contributed by atoms with Crippen molar-refractivity contribution in [3.8, 4) is 5.75 Å². The number of amides is 1. The Kier molecular flexibility index (Phi) is 7.25. The number of nitrogens with one attached hydrogen (secondary N) is 1. The Labute approximate surface area is 172 Å². The molecule has 0 unspecified atom stereocenters. The van der Waals surface area contributed by atoms with Gasteiger partial charge in [-0.25, -0.2) is 4.79 Å². The van der Waals surface area contributed by atoms with Gasteiger partial charge in [-0.2, -0.15) is 0 Å². The largest absolute Gasteiger partial charge is 0.486 e. The van der Waals surface area contributed by atoms with Gasteiger partial charge in [0.2, 0.25) is 5.91 Å². The first-order chi connectivity index (χ1) is 12.3. The molecular formula is C18H14Br2ClNO4. The van der Waals surface area contributed by atoms with Crippen molar-refractivity contribution in [3.63, 3.8) is 0 Å². The van der Waals surface area contributed by atoms with E-state index in [4.69, 9.17) is 21.4 Å². The number of carboxylic acids is 1. The van der Waals surface area contributed by atoms with Crippen LogP contribution >= 0.6 is 43.5 Å². The van der Waals surface area contributed by atoms with Crippen molar-refractivity contribution in [2.75, 3.05) is 0 Å². The summed E-state index contributed by atoms with van der Waals surface area (Å²) in [5.41, 5.74) is 1.19. The maximum atomic E-state index is 11.2. The third kappa shape index (κ3) is 5.59. The topological polar surface area (TPSA) is 75.6 Å².